The Morgan fingerprint density at radius 1 is 0.947 bits per heavy atom. The fourth-order valence-corrected chi connectivity index (χ4v) is 5.46. The fraction of sp³-hybridized carbons (Fsp3) is 0.231. The number of hydrogen-bond acceptors (Lipinski definition) is 10. The van der Waals surface area contributed by atoms with Crippen LogP contribution in [0, 0.1) is 0 Å². The highest BCUT2D eigenvalue weighted by atomic mass is 32.3. The number of nitrogens with zero attached hydrogens (tertiary/aromatic N) is 1. The minimum Gasteiger partial charge on any atom is -0.491 e. The van der Waals surface area contributed by atoms with E-state index in [1.54, 1.807) is 0 Å². The normalized spacial score (nSPS) is 16.2. The lowest BCUT2D eigenvalue weighted by Crippen LogP contribution is -2.34. The molecular weight excluding hydrogens is 534 g/mol. The van der Waals surface area contributed by atoms with Crippen LogP contribution in [0.3, 0.4) is 0 Å². The number of hydrogen-bond donors (Lipinski definition) is 2. The molecule has 38 heavy (non-hydrogen) atoms. The van der Waals surface area contributed by atoms with Crippen LogP contribution >= 0.6 is 12.3 Å². The van der Waals surface area contributed by atoms with E-state index in [1.165, 1.54) is 12.1 Å². The molecular formula is C26H25NO9S2. The predicted octanol–water partition coefficient (Wildman–Crippen LogP) is 5.58. The third-order valence-corrected chi connectivity index (χ3v) is 7.24. The zero-order chi connectivity index (χ0) is 26.5. The third-order valence-electron chi connectivity index (χ3n) is 6.47. The summed E-state index contributed by atoms with van der Waals surface area (Å²) in [5, 5.41) is 15.7. The van der Waals surface area contributed by atoms with E-state index in [4.69, 9.17) is 22.9 Å². The summed E-state index contributed by atoms with van der Waals surface area (Å²) >= 11 is 0.514. The van der Waals surface area contributed by atoms with E-state index in [0.717, 1.165) is 46.5 Å². The minimum absolute atomic E-state index is 0.0337. The first-order chi connectivity index (χ1) is 18.4. The van der Waals surface area contributed by atoms with Crippen molar-refractivity contribution in [1.29, 1.82) is 0 Å². The molecule has 1 aliphatic rings. The average Bonchev–Trinajstić information content (AvgIpc) is 3.34. The van der Waals surface area contributed by atoms with Crippen LogP contribution < -0.4 is 13.1 Å². The summed E-state index contributed by atoms with van der Waals surface area (Å²) < 4.78 is 52.7. The largest absolute Gasteiger partial charge is 0.491 e. The Kier molecular flexibility index (Phi) is 8.19. The molecule has 4 aromatic carbocycles. The van der Waals surface area contributed by atoms with Gasteiger partial charge in [-0.25, -0.2) is 5.26 Å². The number of benzene rings is 4. The Balaban J connectivity index is 1.38. The van der Waals surface area contributed by atoms with Crippen LogP contribution in [0.5, 0.6) is 17.2 Å². The molecule has 2 N–H and O–H groups in total. The smallest absolute Gasteiger partial charge is 0.446 e. The van der Waals surface area contributed by atoms with Crippen LogP contribution in [-0.4, -0.2) is 42.3 Å². The van der Waals surface area contributed by atoms with E-state index in [0.29, 0.717) is 37.0 Å². The zero-order valence-electron chi connectivity index (χ0n) is 20.1. The Morgan fingerprint density at radius 2 is 1.71 bits per heavy atom. The quantitative estimate of drug-likeness (QED) is 0.0786. The molecule has 1 atom stereocenters. The Labute approximate surface area is 223 Å². The van der Waals surface area contributed by atoms with Gasteiger partial charge in [0.05, 0.1) is 0 Å². The van der Waals surface area contributed by atoms with Crippen molar-refractivity contribution in [3.05, 3.63) is 78.4 Å². The molecule has 0 radical (unpaired) electrons. The summed E-state index contributed by atoms with van der Waals surface area (Å²) in [5.74, 6) is 1.01. The van der Waals surface area contributed by atoms with Gasteiger partial charge < -0.3 is 13.1 Å². The van der Waals surface area contributed by atoms with E-state index >= 15 is 0 Å². The van der Waals surface area contributed by atoms with Crippen LogP contribution in [0.25, 0.3) is 21.5 Å². The number of fused-ring (bicyclic) bond motifs is 2. The molecule has 0 aliphatic carbocycles. The SMILES string of the molecule is O=S(=O)(O)Oc1cc(OC[C@@H]2CCCN2Cc2c(OSOOO)ccc3ccccc23)c2ccccc2c1. The summed E-state index contributed by atoms with van der Waals surface area (Å²) in [6, 6.07) is 22.2. The van der Waals surface area contributed by atoms with Gasteiger partial charge in [-0.1, -0.05) is 64.0 Å². The number of ether oxygens (including phenoxy) is 1. The minimum atomic E-state index is -4.68. The molecule has 1 aliphatic heterocycles. The van der Waals surface area contributed by atoms with Gasteiger partial charge in [-0.15, -0.1) is 0 Å². The highest BCUT2D eigenvalue weighted by Gasteiger charge is 2.27. The maximum absolute atomic E-state index is 11.3. The van der Waals surface area contributed by atoms with Crippen molar-refractivity contribution in [2.45, 2.75) is 25.4 Å². The molecule has 12 heteroatoms. The molecule has 0 spiro atoms. The molecule has 1 saturated heterocycles. The fourth-order valence-electron chi connectivity index (χ4n) is 4.84. The predicted molar refractivity (Wildman–Crippen MR) is 142 cm³/mol. The van der Waals surface area contributed by atoms with E-state index in [2.05, 4.69) is 14.3 Å². The van der Waals surface area contributed by atoms with Gasteiger partial charge >= 0.3 is 10.4 Å². The van der Waals surface area contributed by atoms with Crippen LogP contribution in [-0.2, 0) is 26.3 Å². The van der Waals surface area contributed by atoms with Crippen LogP contribution in [0.2, 0.25) is 0 Å². The van der Waals surface area contributed by atoms with Crippen molar-refractivity contribution in [2.24, 2.45) is 0 Å². The highest BCUT2D eigenvalue weighted by Crippen LogP contribution is 2.35. The van der Waals surface area contributed by atoms with Gasteiger partial charge in [0.2, 0.25) is 0 Å². The molecule has 10 nitrogen and oxygen atoms in total. The lowest BCUT2D eigenvalue weighted by atomic mass is 10.0. The summed E-state index contributed by atoms with van der Waals surface area (Å²) in [4.78, 5) is 2.31. The van der Waals surface area contributed by atoms with Crippen molar-refractivity contribution in [2.75, 3.05) is 13.2 Å². The van der Waals surface area contributed by atoms with Gasteiger partial charge in [-0.05, 0) is 47.7 Å². The topological polar surface area (TPSA) is 124 Å². The summed E-state index contributed by atoms with van der Waals surface area (Å²) in [5.41, 5.74) is 0.957. The molecule has 4 aromatic rings. The van der Waals surface area contributed by atoms with Crippen LogP contribution in [0.15, 0.2) is 72.8 Å². The van der Waals surface area contributed by atoms with Gasteiger partial charge in [0.15, 0.2) is 0 Å². The standard InChI is InChI=1S/C26H25NO9S2/c28-35-36-37-33-25-12-11-18-6-1-3-9-22(18)24(25)16-27-13-5-8-20(27)17-32-26-15-21(34-38(29,30)31)14-19-7-2-4-10-23(19)26/h1-4,6-7,9-12,14-15,20,28H,5,8,13,16-17H2,(H,29,30,31)/t20-/m0/s1. The van der Waals surface area contributed by atoms with Crippen molar-refractivity contribution < 1.29 is 40.7 Å². The Morgan fingerprint density at radius 3 is 2.50 bits per heavy atom. The Bertz CT molecular complexity index is 1530. The first-order valence-electron chi connectivity index (χ1n) is 11.8. The van der Waals surface area contributed by atoms with Gasteiger partial charge in [0.1, 0.15) is 23.9 Å². The molecule has 1 fully saturated rings. The molecule has 0 amide bonds. The molecule has 0 saturated carbocycles. The highest BCUT2D eigenvalue weighted by molar-refractivity contribution is 7.90. The van der Waals surface area contributed by atoms with Gasteiger partial charge in [0, 0.05) is 29.6 Å². The molecule has 0 unspecified atom stereocenters. The van der Waals surface area contributed by atoms with Gasteiger partial charge in [-0.2, -0.15) is 8.42 Å². The maximum Gasteiger partial charge on any atom is 0.446 e. The second-order valence-corrected chi connectivity index (χ2v) is 10.2. The lowest BCUT2D eigenvalue weighted by Gasteiger charge is -2.26. The molecule has 0 bridgehead atoms. The van der Waals surface area contributed by atoms with E-state index in [9.17, 15) is 8.42 Å². The number of rotatable bonds is 11. The first kappa shape index (κ1) is 26.5. The van der Waals surface area contributed by atoms with Gasteiger partial charge in [-0.3, -0.25) is 9.45 Å². The van der Waals surface area contributed by atoms with E-state index in [1.807, 2.05) is 60.7 Å². The van der Waals surface area contributed by atoms with Crippen molar-refractivity contribution in [3.63, 3.8) is 0 Å². The summed E-state index contributed by atoms with van der Waals surface area (Å²) in [7, 11) is -4.68. The van der Waals surface area contributed by atoms with Crippen molar-refractivity contribution >= 4 is 44.3 Å². The summed E-state index contributed by atoms with van der Waals surface area (Å²) in [6.07, 6.45) is 1.90. The third kappa shape index (κ3) is 6.30. The van der Waals surface area contributed by atoms with E-state index < -0.39 is 10.4 Å². The van der Waals surface area contributed by atoms with E-state index in [-0.39, 0.29) is 11.8 Å². The first-order valence-corrected chi connectivity index (χ1v) is 13.8. The monoisotopic (exact) mass is 559 g/mol. The van der Waals surface area contributed by atoms with Crippen LogP contribution in [0.4, 0.5) is 0 Å². The molecule has 0 aromatic heterocycles. The maximum atomic E-state index is 11.3. The van der Waals surface area contributed by atoms with Crippen molar-refractivity contribution in [1.82, 2.24) is 4.90 Å². The second kappa shape index (κ2) is 11.7. The molecule has 1 heterocycles. The second-order valence-electron chi connectivity index (χ2n) is 8.79. The van der Waals surface area contributed by atoms with Crippen LogP contribution in [0.1, 0.15) is 18.4 Å². The summed E-state index contributed by atoms with van der Waals surface area (Å²) in [6.45, 7) is 1.79. The van der Waals surface area contributed by atoms with Crippen molar-refractivity contribution in [3.8, 4) is 17.2 Å². The zero-order valence-corrected chi connectivity index (χ0v) is 21.7. The molecule has 5 rings (SSSR count). The molecule has 200 valence electrons. The lowest BCUT2D eigenvalue weighted by molar-refractivity contribution is -0.433. The average molecular weight is 560 g/mol. The number of likely N-dealkylation sites (tertiary alicyclic amines) is 1. The Hall–Kier alpha value is -3.10. The van der Waals surface area contributed by atoms with Gasteiger partial charge in [0.25, 0.3) is 12.3 Å².